The van der Waals surface area contributed by atoms with Crippen molar-refractivity contribution in [1.82, 2.24) is 10.2 Å². The van der Waals surface area contributed by atoms with E-state index in [9.17, 15) is 13.6 Å². The van der Waals surface area contributed by atoms with Crippen molar-refractivity contribution in [3.05, 3.63) is 28.2 Å². The molecule has 1 aromatic rings. The summed E-state index contributed by atoms with van der Waals surface area (Å²) < 4.78 is 30.0. The summed E-state index contributed by atoms with van der Waals surface area (Å²) in [6.07, 6.45) is 2.31. The van der Waals surface area contributed by atoms with Crippen LogP contribution < -0.4 is 10.1 Å². The number of carbonyl (C=O) groups is 1. The van der Waals surface area contributed by atoms with E-state index < -0.39 is 6.61 Å². The molecule has 1 aliphatic rings. The van der Waals surface area contributed by atoms with Crippen molar-refractivity contribution in [3.63, 3.8) is 0 Å². The molecule has 1 atom stereocenters. The number of benzene rings is 1. The van der Waals surface area contributed by atoms with Crippen molar-refractivity contribution in [1.29, 1.82) is 0 Å². The molecule has 0 aliphatic carbocycles. The van der Waals surface area contributed by atoms with E-state index in [1.54, 1.807) is 17.0 Å². The summed E-state index contributed by atoms with van der Waals surface area (Å²) in [5, 5.41) is 11.8. The summed E-state index contributed by atoms with van der Waals surface area (Å²) >= 11 is 3.27. The van der Waals surface area contributed by atoms with Crippen LogP contribution in [0.3, 0.4) is 0 Å². The van der Waals surface area contributed by atoms with Gasteiger partial charge in [-0.15, -0.1) is 0 Å². The minimum absolute atomic E-state index is 0.0271. The molecule has 0 aromatic heterocycles. The number of nitrogens with zero attached hydrogens (tertiary/aromatic N) is 1. The van der Waals surface area contributed by atoms with Gasteiger partial charge in [0.25, 0.3) is 0 Å². The number of carbonyl (C=O) groups excluding carboxylic acids is 1. The molecular weight excluding hydrogens is 374 g/mol. The molecule has 8 heteroatoms. The predicted molar refractivity (Wildman–Crippen MR) is 84.4 cm³/mol. The Bertz CT molecular complexity index is 545. The van der Waals surface area contributed by atoms with E-state index in [0.717, 1.165) is 12.8 Å². The number of nitrogens with one attached hydrogen (secondary N) is 1. The van der Waals surface area contributed by atoms with Crippen LogP contribution in [0.5, 0.6) is 5.75 Å². The Balaban J connectivity index is 1.99. The van der Waals surface area contributed by atoms with Gasteiger partial charge >= 0.3 is 12.6 Å². The van der Waals surface area contributed by atoms with Crippen LogP contribution in [-0.4, -0.2) is 41.8 Å². The van der Waals surface area contributed by atoms with Crippen LogP contribution in [0.4, 0.5) is 13.6 Å². The van der Waals surface area contributed by atoms with Gasteiger partial charge < -0.3 is 20.1 Å². The van der Waals surface area contributed by atoms with Crippen LogP contribution in [0.15, 0.2) is 22.7 Å². The normalized spacial score (nSPS) is 17.6. The first-order valence-corrected chi connectivity index (χ1v) is 8.19. The number of halogens is 3. The fraction of sp³-hybridized carbons (Fsp3) is 0.533. The monoisotopic (exact) mass is 392 g/mol. The van der Waals surface area contributed by atoms with Crippen molar-refractivity contribution in [2.45, 2.75) is 38.5 Å². The summed E-state index contributed by atoms with van der Waals surface area (Å²) in [5.74, 6) is 0.0387. The van der Waals surface area contributed by atoms with Gasteiger partial charge in [0.2, 0.25) is 0 Å². The van der Waals surface area contributed by atoms with Gasteiger partial charge in [-0.1, -0.05) is 15.9 Å². The molecule has 2 rings (SSSR count). The number of hydrogen-bond donors (Lipinski definition) is 2. The van der Waals surface area contributed by atoms with E-state index >= 15 is 0 Å². The van der Waals surface area contributed by atoms with Crippen LogP contribution in [0.1, 0.15) is 24.8 Å². The summed E-state index contributed by atoms with van der Waals surface area (Å²) in [6.45, 7) is -2.16. The van der Waals surface area contributed by atoms with Crippen molar-refractivity contribution < 1.29 is 23.4 Å². The first-order valence-electron chi connectivity index (χ1n) is 7.40. The fourth-order valence-electron chi connectivity index (χ4n) is 2.72. The number of hydrogen-bond acceptors (Lipinski definition) is 3. The van der Waals surface area contributed by atoms with Crippen molar-refractivity contribution in [2.24, 2.45) is 0 Å². The van der Waals surface area contributed by atoms with E-state index in [1.807, 2.05) is 0 Å². The lowest BCUT2D eigenvalue weighted by molar-refractivity contribution is -0.0504. The third-order valence-corrected chi connectivity index (χ3v) is 4.26. The molecule has 0 radical (unpaired) electrons. The molecule has 5 nitrogen and oxygen atoms in total. The molecular formula is C15H19BrF2N2O3. The molecule has 0 saturated carbocycles. The van der Waals surface area contributed by atoms with Gasteiger partial charge in [0.1, 0.15) is 5.75 Å². The van der Waals surface area contributed by atoms with Crippen LogP contribution in [0, 0.1) is 0 Å². The number of alkyl halides is 2. The number of amides is 2. The topological polar surface area (TPSA) is 61.8 Å². The zero-order valence-corrected chi connectivity index (χ0v) is 14.1. The molecule has 1 fully saturated rings. The lowest BCUT2D eigenvalue weighted by Crippen LogP contribution is -2.42. The zero-order valence-electron chi connectivity index (χ0n) is 12.5. The van der Waals surface area contributed by atoms with Gasteiger partial charge in [-0.05, 0) is 37.5 Å². The van der Waals surface area contributed by atoms with Crippen LogP contribution in [-0.2, 0) is 6.54 Å². The average molecular weight is 393 g/mol. The number of rotatable bonds is 6. The second-order valence-corrected chi connectivity index (χ2v) is 6.21. The quantitative estimate of drug-likeness (QED) is 0.781. The predicted octanol–water partition coefficient (Wildman–Crippen LogP) is 3.11. The zero-order chi connectivity index (χ0) is 16.8. The Morgan fingerprint density at radius 1 is 1.52 bits per heavy atom. The molecule has 1 aromatic carbocycles. The van der Waals surface area contributed by atoms with Crippen molar-refractivity contribution >= 4 is 22.0 Å². The number of likely N-dealkylation sites (tertiary alicyclic amines) is 1. The summed E-state index contributed by atoms with van der Waals surface area (Å²) in [7, 11) is 0. The van der Waals surface area contributed by atoms with Gasteiger partial charge in [0, 0.05) is 35.8 Å². The van der Waals surface area contributed by atoms with E-state index in [4.69, 9.17) is 5.11 Å². The largest absolute Gasteiger partial charge is 0.434 e. The van der Waals surface area contributed by atoms with E-state index in [1.165, 1.54) is 6.07 Å². The molecule has 1 heterocycles. The highest BCUT2D eigenvalue weighted by Gasteiger charge is 2.28. The highest BCUT2D eigenvalue weighted by atomic mass is 79.9. The summed E-state index contributed by atoms with van der Waals surface area (Å²) in [6, 6.07) is 4.43. The highest BCUT2D eigenvalue weighted by molar-refractivity contribution is 9.10. The number of aliphatic hydroxyl groups is 1. The van der Waals surface area contributed by atoms with Gasteiger partial charge in [-0.25, -0.2) is 4.79 Å². The minimum atomic E-state index is -2.92. The maximum Gasteiger partial charge on any atom is 0.387 e. The maximum atomic E-state index is 12.4. The maximum absolute atomic E-state index is 12.4. The number of urea groups is 1. The molecule has 2 N–H and O–H groups in total. The Morgan fingerprint density at radius 2 is 2.30 bits per heavy atom. The van der Waals surface area contributed by atoms with Crippen LogP contribution in [0.2, 0.25) is 0 Å². The minimum Gasteiger partial charge on any atom is -0.434 e. The molecule has 1 aliphatic heterocycles. The molecule has 0 spiro atoms. The second kappa shape index (κ2) is 8.44. The van der Waals surface area contributed by atoms with E-state index in [0.29, 0.717) is 23.0 Å². The fourth-order valence-corrected chi connectivity index (χ4v) is 3.13. The molecule has 128 valence electrons. The van der Waals surface area contributed by atoms with Crippen molar-refractivity contribution in [3.8, 4) is 5.75 Å². The lowest BCUT2D eigenvalue weighted by atomic mass is 10.1. The second-order valence-electron chi connectivity index (χ2n) is 5.29. The van der Waals surface area contributed by atoms with Gasteiger partial charge in [0.05, 0.1) is 0 Å². The Kier molecular flexibility index (Phi) is 6.59. The molecule has 1 saturated heterocycles. The standard InChI is InChI=1S/C15H19BrF2N2O3/c16-11-3-4-13(23-14(17)18)10(8-11)9-19-15(22)20-6-1-2-12(20)5-7-21/h3-4,8,12,14,21H,1-2,5-7,9H2,(H,19,22). The van der Waals surface area contributed by atoms with E-state index in [2.05, 4.69) is 26.0 Å². The van der Waals surface area contributed by atoms with Crippen LogP contribution >= 0.6 is 15.9 Å². The Morgan fingerprint density at radius 3 is 3.00 bits per heavy atom. The molecule has 1 unspecified atom stereocenters. The SMILES string of the molecule is O=C(NCc1cc(Br)ccc1OC(F)F)N1CCCC1CCO. The van der Waals surface area contributed by atoms with Gasteiger partial charge in [-0.2, -0.15) is 8.78 Å². The molecule has 2 amide bonds. The smallest absolute Gasteiger partial charge is 0.387 e. The summed E-state index contributed by atoms with van der Waals surface area (Å²) in [4.78, 5) is 13.9. The Hall–Kier alpha value is -1.41. The first kappa shape index (κ1) is 17.9. The third kappa shape index (κ3) is 5.04. The Labute approximate surface area is 141 Å². The van der Waals surface area contributed by atoms with Crippen LogP contribution in [0.25, 0.3) is 0 Å². The van der Waals surface area contributed by atoms with Gasteiger partial charge in [0.15, 0.2) is 0 Å². The number of ether oxygens (including phenoxy) is 1. The highest BCUT2D eigenvalue weighted by Crippen LogP contribution is 2.25. The average Bonchev–Trinajstić information content (AvgIpc) is 2.95. The summed E-state index contributed by atoms with van der Waals surface area (Å²) in [5.41, 5.74) is 0.464. The molecule has 23 heavy (non-hydrogen) atoms. The van der Waals surface area contributed by atoms with Gasteiger partial charge in [-0.3, -0.25) is 0 Å². The van der Waals surface area contributed by atoms with Crippen molar-refractivity contribution in [2.75, 3.05) is 13.2 Å². The van der Waals surface area contributed by atoms with E-state index in [-0.39, 0.29) is 31.0 Å². The number of aliphatic hydroxyl groups excluding tert-OH is 1. The molecule has 0 bridgehead atoms. The lowest BCUT2D eigenvalue weighted by Gasteiger charge is -2.24. The third-order valence-electron chi connectivity index (χ3n) is 3.77. The first-order chi connectivity index (χ1) is 11.0.